The number of Topliss-reactive ketones (excluding diaryl/α,β-unsaturated/α-hetero) is 1. The summed E-state index contributed by atoms with van der Waals surface area (Å²) < 4.78 is 6.28. The lowest BCUT2D eigenvalue weighted by Crippen LogP contribution is -2.40. The normalized spacial score (nSPS) is 19.2. The predicted molar refractivity (Wildman–Crippen MR) is 122 cm³/mol. The van der Waals surface area contributed by atoms with E-state index in [1.54, 1.807) is 19.1 Å². The molecule has 0 saturated carbocycles. The lowest BCUT2D eigenvalue weighted by molar-refractivity contribution is -0.138. The zero-order valence-electron chi connectivity index (χ0n) is 16.3. The fourth-order valence-corrected chi connectivity index (χ4v) is 5.72. The molecule has 0 saturated heterocycles. The third-order valence-electron chi connectivity index (χ3n) is 5.25. The Hall–Kier alpha value is -2.09. The topological polar surface area (TPSA) is 72.6 Å². The van der Waals surface area contributed by atoms with Gasteiger partial charge < -0.3 is 10.5 Å². The Morgan fingerprint density at radius 1 is 1.27 bits per heavy atom. The molecule has 2 aromatic rings. The average Bonchev–Trinajstić information content (AvgIpc) is 3.14. The maximum atomic E-state index is 13.2. The number of ketones is 1. The van der Waals surface area contributed by atoms with Crippen molar-refractivity contribution in [2.24, 2.45) is 5.73 Å². The van der Waals surface area contributed by atoms with E-state index < -0.39 is 11.9 Å². The zero-order chi connectivity index (χ0) is 21.4. The first kappa shape index (κ1) is 21.2. The van der Waals surface area contributed by atoms with Crippen LogP contribution in [0.5, 0.6) is 0 Å². The summed E-state index contributed by atoms with van der Waals surface area (Å²) in [6.07, 6.45) is 1.89. The van der Waals surface area contributed by atoms with Gasteiger partial charge in [-0.2, -0.15) is 0 Å². The monoisotopic (exact) mass is 506 g/mol. The molecule has 0 unspecified atom stereocenters. The Morgan fingerprint density at radius 2 is 2.00 bits per heavy atom. The van der Waals surface area contributed by atoms with E-state index in [-0.39, 0.29) is 12.4 Å². The molecule has 2 N–H and O–H groups in total. The number of rotatable bonds is 4. The number of thiophene rings is 1. The Kier molecular flexibility index (Phi) is 6.04. The summed E-state index contributed by atoms with van der Waals surface area (Å²) in [6, 6.07) is 11.0. The van der Waals surface area contributed by atoms with E-state index in [2.05, 4.69) is 15.9 Å². The summed E-state index contributed by atoms with van der Waals surface area (Å²) in [5, 5.41) is 0.596. The van der Waals surface area contributed by atoms with E-state index in [4.69, 9.17) is 22.1 Å². The number of ether oxygens (including phenoxy) is 1. The van der Waals surface area contributed by atoms with Gasteiger partial charge in [-0.1, -0.05) is 11.6 Å². The number of allylic oxidation sites excluding steroid dienone is 2. The molecule has 2 heterocycles. The van der Waals surface area contributed by atoms with Crippen LogP contribution >= 0.6 is 38.9 Å². The van der Waals surface area contributed by atoms with Gasteiger partial charge in [-0.05, 0) is 72.1 Å². The van der Waals surface area contributed by atoms with Crippen molar-refractivity contribution in [1.82, 2.24) is 0 Å². The fourth-order valence-electron chi connectivity index (χ4n) is 4.05. The first-order valence-corrected chi connectivity index (χ1v) is 11.6. The molecule has 156 valence electrons. The molecule has 4 rings (SSSR count). The molecule has 8 heteroatoms. The Bertz CT molecular complexity index is 1070. The number of anilines is 1. The van der Waals surface area contributed by atoms with Crippen LogP contribution < -0.4 is 10.6 Å². The second-order valence-corrected chi connectivity index (χ2v) is 9.97. The number of nitrogens with two attached hydrogens (primary N) is 1. The highest BCUT2D eigenvalue weighted by atomic mass is 79.9. The molecule has 1 aromatic carbocycles. The molecule has 2 aliphatic rings. The van der Waals surface area contributed by atoms with Gasteiger partial charge in [0.25, 0.3) is 0 Å². The van der Waals surface area contributed by atoms with Crippen LogP contribution in [0.2, 0.25) is 5.02 Å². The van der Waals surface area contributed by atoms with Gasteiger partial charge in [0.05, 0.1) is 21.9 Å². The minimum Gasteiger partial charge on any atom is -0.463 e. The molecule has 1 aliphatic carbocycles. The second-order valence-electron chi connectivity index (χ2n) is 7.04. The van der Waals surface area contributed by atoms with Gasteiger partial charge in [0, 0.05) is 33.3 Å². The third kappa shape index (κ3) is 3.70. The van der Waals surface area contributed by atoms with Crippen molar-refractivity contribution in [2.45, 2.75) is 32.1 Å². The Labute approximate surface area is 192 Å². The molecular formula is C22H20BrClN2O3S. The quantitative estimate of drug-likeness (QED) is 0.553. The first-order valence-electron chi connectivity index (χ1n) is 9.66. The van der Waals surface area contributed by atoms with E-state index in [9.17, 15) is 9.59 Å². The van der Waals surface area contributed by atoms with Crippen molar-refractivity contribution in [3.63, 3.8) is 0 Å². The molecule has 1 atom stereocenters. The number of esters is 1. The number of carbonyl (C=O) groups excluding carboxylic acids is 2. The molecule has 30 heavy (non-hydrogen) atoms. The lowest BCUT2D eigenvalue weighted by atomic mass is 9.77. The van der Waals surface area contributed by atoms with E-state index >= 15 is 0 Å². The number of halogens is 2. The Morgan fingerprint density at radius 3 is 2.63 bits per heavy atom. The van der Waals surface area contributed by atoms with Crippen molar-refractivity contribution in [2.75, 3.05) is 11.5 Å². The predicted octanol–water partition coefficient (Wildman–Crippen LogP) is 5.51. The van der Waals surface area contributed by atoms with Gasteiger partial charge >= 0.3 is 5.97 Å². The smallest absolute Gasteiger partial charge is 0.338 e. The van der Waals surface area contributed by atoms with E-state index in [1.165, 1.54) is 11.3 Å². The van der Waals surface area contributed by atoms with Crippen molar-refractivity contribution < 1.29 is 14.3 Å². The summed E-state index contributed by atoms with van der Waals surface area (Å²) in [5.74, 6) is -0.710. The van der Waals surface area contributed by atoms with E-state index in [0.29, 0.717) is 34.8 Å². The number of benzene rings is 1. The van der Waals surface area contributed by atoms with E-state index in [1.807, 2.05) is 29.2 Å². The van der Waals surface area contributed by atoms with Crippen LogP contribution in [0.25, 0.3) is 0 Å². The minimum absolute atomic E-state index is 0.0408. The molecule has 0 spiro atoms. The molecule has 0 bridgehead atoms. The summed E-state index contributed by atoms with van der Waals surface area (Å²) in [7, 11) is 0. The van der Waals surface area contributed by atoms with Crippen LogP contribution in [0.15, 0.2) is 62.8 Å². The highest BCUT2D eigenvalue weighted by Crippen LogP contribution is 2.48. The molecule has 0 radical (unpaired) electrons. The molecule has 0 amide bonds. The number of hydrogen-bond acceptors (Lipinski definition) is 6. The summed E-state index contributed by atoms with van der Waals surface area (Å²) in [5.41, 5.74) is 9.16. The maximum absolute atomic E-state index is 13.2. The SMILES string of the molecule is CCOC(=O)C1=C(N)N(c2ccc(Cl)cc2)C2=C(C(=O)CCC2)[C@H]1c1ccc(Br)s1. The van der Waals surface area contributed by atoms with Crippen LogP contribution in [-0.4, -0.2) is 18.4 Å². The van der Waals surface area contributed by atoms with Crippen LogP contribution in [-0.2, 0) is 14.3 Å². The van der Waals surface area contributed by atoms with Crippen molar-refractivity contribution in [1.29, 1.82) is 0 Å². The summed E-state index contributed by atoms with van der Waals surface area (Å²) in [4.78, 5) is 28.9. The lowest BCUT2D eigenvalue weighted by Gasteiger charge is -2.40. The third-order valence-corrected chi connectivity index (χ3v) is 7.19. The standard InChI is InChI=1S/C22H20BrClN2O3S/c1-2-29-22(28)20-19(16-10-11-17(23)30-16)18-14(4-3-5-15(18)27)26(21(20)25)13-8-6-12(24)7-9-13/h6-11,19H,2-5,25H2,1H3/t19-/m1/s1. The van der Waals surface area contributed by atoms with Crippen molar-refractivity contribution in [3.8, 4) is 0 Å². The van der Waals surface area contributed by atoms with Crippen LogP contribution in [0.1, 0.15) is 37.0 Å². The molecular weight excluding hydrogens is 488 g/mol. The van der Waals surface area contributed by atoms with E-state index in [0.717, 1.165) is 26.5 Å². The van der Waals surface area contributed by atoms with Gasteiger partial charge in [-0.15, -0.1) is 11.3 Å². The first-order chi connectivity index (χ1) is 14.4. The molecule has 0 fully saturated rings. The van der Waals surface area contributed by atoms with Crippen LogP contribution in [0.4, 0.5) is 5.69 Å². The van der Waals surface area contributed by atoms with Crippen molar-refractivity contribution >= 4 is 56.3 Å². The minimum atomic E-state index is -0.535. The number of carbonyl (C=O) groups is 2. The van der Waals surface area contributed by atoms with Crippen molar-refractivity contribution in [3.05, 3.63) is 72.7 Å². The van der Waals surface area contributed by atoms with Crippen LogP contribution in [0, 0.1) is 0 Å². The van der Waals surface area contributed by atoms with Gasteiger partial charge in [0.1, 0.15) is 5.82 Å². The molecule has 1 aromatic heterocycles. The summed E-state index contributed by atoms with van der Waals surface area (Å²) in [6.45, 7) is 1.97. The van der Waals surface area contributed by atoms with Gasteiger partial charge in [0.2, 0.25) is 0 Å². The average molecular weight is 508 g/mol. The van der Waals surface area contributed by atoms with Crippen LogP contribution in [0.3, 0.4) is 0 Å². The number of nitrogens with zero attached hydrogens (tertiary/aromatic N) is 1. The van der Waals surface area contributed by atoms with Gasteiger partial charge in [-0.3, -0.25) is 9.69 Å². The largest absolute Gasteiger partial charge is 0.463 e. The highest BCUT2D eigenvalue weighted by Gasteiger charge is 2.43. The Balaban J connectivity index is 1.97. The highest BCUT2D eigenvalue weighted by molar-refractivity contribution is 9.11. The van der Waals surface area contributed by atoms with Gasteiger partial charge in [-0.25, -0.2) is 4.79 Å². The molecule has 1 aliphatic heterocycles. The van der Waals surface area contributed by atoms with Gasteiger partial charge in [0.15, 0.2) is 5.78 Å². The second kappa shape index (κ2) is 8.57. The zero-order valence-corrected chi connectivity index (χ0v) is 19.4. The number of hydrogen-bond donors (Lipinski definition) is 1. The maximum Gasteiger partial charge on any atom is 0.338 e. The summed E-state index contributed by atoms with van der Waals surface area (Å²) >= 11 is 11.0. The molecule has 5 nitrogen and oxygen atoms in total. The fraction of sp³-hybridized carbons (Fsp3) is 0.273.